The Labute approximate surface area is 88.7 Å². The number of carboxylic acid groups (broad SMARTS) is 1. The Morgan fingerprint density at radius 2 is 2.27 bits per heavy atom. The van der Waals surface area contributed by atoms with E-state index in [9.17, 15) is 4.79 Å². The number of rotatable bonds is 4. The van der Waals surface area contributed by atoms with Crippen molar-refractivity contribution in [2.45, 2.75) is 26.7 Å². The van der Waals surface area contributed by atoms with Crippen molar-refractivity contribution in [3.8, 4) is 0 Å². The molecule has 0 aliphatic carbocycles. The third-order valence-corrected chi connectivity index (χ3v) is 1.81. The summed E-state index contributed by atoms with van der Waals surface area (Å²) in [6.45, 7) is 3.95. The molecule has 1 aromatic heterocycles. The van der Waals surface area contributed by atoms with E-state index in [2.05, 4.69) is 16.9 Å². The topological polar surface area (TPSA) is 63.1 Å². The van der Waals surface area contributed by atoms with E-state index in [1.54, 1.807) is 0 Å². The van der Waals surface area contributed by atoms with Crippen LogP contribution in [0.4, 0.5) is 0 Å². The number of aromatic nitrogens is 2. The molecular formula is C11H14N2O2. The van der Waals surface area contributed by atoms with Gasteiger partial charge >= 0.3 is 5.97 Å². The molecule has 0 aliphatic rings. The first-order valence-electron chi connectivity index (χ1n) is 4.87. The van der Waals surface area contributed by atoms with Gasteiger partial charge in [0.1, 0.15) is 0 Å². The maximum Gasteiger partial charge on any atom is 0.328 e. The predicted octanol–water partition coefficient (Wildman–Crippen LogP) is 1.84. The average Bonchev–Trinajstić information content (AvgIpc) is 2.14. The molecule has 0 saturated carbocycles. The van der Waals surface area contributed by atoms with Crippen molar-refractivity contribution >= 4 is 12.0 Å². The van der Waals surface area contributed by atoms with Gasteiger partial charge < -0.3 is 5.11 Å². The van der Waals surface area contributed by atoms with Crippen LogP contribution in [0, 0.1) is 6.92 Å². The van der Waals surface area contributed by atoms with E-state index < -0.39 is 5.97 Å². The van der Waals surface area contributed by atoms with Crippen LogP contribution in [0.25, 0.3) is 6.08 Å². The van der Waals surface area contributed by atoms with E-state index in [1.165, 1.54) is 6.08 Å². The zero-order valence-corrected chi connectivity index (χ0v) is 8.90. The van der Waals surface area contributed by atoms with Crippen LogP contribution in [0.2, 0.25) is 0 Å². The fraction of sp³-hybridized carbons (Fsp3) is 0.364. The molecule has 0 aliphatic heterocycles. The molecule has 80 valence electrons. The maximum absolute atomic E-state index is 10.3. The van der Waals surface area contributed by atoms with Gasteiger partial charge in [0, 0.05) is 17.5 Å². The first kappa shape index (κ1) is 11.4. The lowest BCUT2D eigenvalue weighted by molar-refractivity contribution is -0.131. The van der Waals surface area contributed by atoms with Crippen molar-refractivity contribution in [3.63, 3.8) is 0 Å². The van der Waals surface area contributed by atoms with Crippen molar-refractivity contribution in [2.75, 3.05) is 0 Å². The first-order valence-corrected chi connectivity index (χ1v) is 4.87. The fourth-order valence-electron chi connectivity index (χ4n) is 1.26. The molecule has 1 rings (SSSR count). The van der Waals surface area contributed by atoms with Crippen LogP contribution in [0.1, 0.15) is 30.6 Å². The molecule has 1 N–H and O–H groups in total. The van der Waals surface area contributed by atoms with E-state index in [1.807, 2.05) is 13.0 Å². The molecule has 4 heteroatoms. The summed E-state index contributed by atoms with van der Waals surface area (Å²) >= 11 is 0. The van der Waals surface area contributed by atoms with Crippen molar-refractivity contribution in [3.05, 3.63) is 29.4 Å². The summed E-state index contributed by atoms with van der Waals surface area (Å²) in [6.07, 6.45) is 4.36. The number of carbonyl (C=O) groups is 1. The van der Waals surface area contributed by atoms with E-state index in [-0.39, 0.29) is 0 Å². The quantitative estimate of drug-likeness (QED) is 0.763. The van der Waals surface area contributed by atoms with Crippen molar-refractivity contribution < 1.29 is 9.90 Å². The van der Waals surface area contributed by atoms with Gasteiger partial charge in [-0.25, -0.2) is 14.8 Å². The minimum absolute atomic E-state index is 0.459. The molecule has 0 bridgehead atoms. The summed E-state index contributed by atoms with van der Waals surface area (Å²) in [5.41, 5.74) is 1.81. The minimum Gasteiger partial charge on any atom is -0.478 e. The maximum atomic E-state index is 10.3. The van der Waals surface area contributed by atoms with Gasteiger partial charge in [-0.1, -0.05) is 13.3 Å². The van der Waals surface area contributed by atoms with Crippen LogP contribution >= 0.6 is 0 Å². The Balaban J connectivity index is 2.93. The largest absolute Gasteiger partial charge is 0.478 e. The van der Waals surface area contributed by atoms with Gasteiger partial charge in [-0.2, -0.15) is 0 Å². The standard InChI is InChI=1S/C11H14N2O2/c1-3-4-9-7-8(2)12-10(13-9)5-6-11(14)15/h5-7H,3-4H2,1-2H3,(H,14,15)/b6-5+. The summed E-state index contributed by atoms with van der Waals surface area (Å²) in [4.78, 5) is 18.7. The molecule has 4 nitrogen and oxygen atoms in total. The molecule has 0 atom stereocenters. The number of hydrogen-bond donors (Lipinski definition) is 1. The third-order valence-electron chi connectivity index (χ3n) is 1.81. The van der Waals surface area contributed by atoms with Gasteiger partial charge in [-0.15, -0.1) is 0 Å². The van der Waals surface area contributed by atoms with Crippen molar-refractivity contribution in [1.82, 2.24) is 9.97 Å². The highest BCUT2D eigenvalue weighted by molar-refractivity contribution is 5.84. The van der Waals surface area contributed by atoms with E-state index in [0.29, 0.717) is 5.82 Å². The molecule has 0 fully saturated rings. The highest BCUT2D eigenvalue weighted by Gasteiger charge is 1.99. The molecule has 1 heterocycles. The minimum atomic E-state index is -0.989. The summed E-state index contributed by atoms with van der Waals surface area (Å²) < 4.78 is 0. The third kappa shape index (κ3) is 3.89. The van der Waals surface area contributed by atoms with Gasteiger partial charge in [0.2, 0.25) is 0 Å². The van der Waals surface area contributed by atoms with E-state index >= 15 is 0 Å². The molecule has 0 saturated heterocycles. The van der Waals surface area contributed by atoms with Crippen LogP contribution in [-0.4, -0.2) is 21.0 Å². The van der Waals surface area contributed by atoms with Crippen LogP contribution in [0.3, 0.4) is 0 Å². The Kier molecular flexibility index (Phi) is 3.97. The molecule has 0 radical (unpaired) electrons. The Hall–Kier alpha value is -1.71. The van der Waals surface area contributed by atoms with Gasteiger partial charge in [0.25, 0.3) is 0 Å². The normalized spacial score (nSPS) is 10.8. The number of aliphatic carboxylic acids is 1. The van der Waals surface area contributed by atoms with Crippen LogP contribution < -0.4 is 0 Å². The lowest BCUT2D eigenvalue weighted by atomic mass is 10.2. The van der Waals surface area contributed by atoms with Crippen molar-refractivity contribution in [1.29, 1.82) is 0 Å². The number of nitrogens with zero attached hydrogens (tertiary/aromatic N) is 2. The Morgan fingerprint density at radius 1 is 1.53 bits per heavy atom. The SMILES string of the molecule is CCCc1cc(C)nc(/C=C/C(=O)O)n1. The van der Waals surface area contributed by atoms with Crippen LogP contribution in [0.5, 0.6) is 0 Å². The van der Waals surface area contributed by atoms with Crippen LogP contribution in [0.15, 0.2) is 12.1 Å². The lowest BCUT2D eigenvalue weighted by Crippen LogP contribution is -1.98. The van der Waals surface area contributed by atoms with Gasteiger partial charge in [-0.05, 0) is 25.5 Å². The van der Waals surface area contributed by atoms with Crippen LogP contribution in [-0.2, 0) is 11.2 Å². The van der Waals surface area contributed by atoms with E-state index in [4.69, 9.17) is 5.11 Å². The molecule has 0 aromatic carbocycles. The lowest BCUT2D eigenvalue weighted by Gasteiger charge is -2.01. The molecular weight excluding hydrogens is 192 g/mol. The summed E-state index contributed by atoms with van der Waals surface area (Å²) in [5.74, 6) is -0.530. The second-order valence-electron chi connectivity index (χ2n) is 3.28. The molecule has 0 spiro atoms. The Morgan fingerprint density at radius 3 is 2.87 bits per heavy atom. The summed E-state index contributed by atoms with van der Waals surface area (Å²) in [5, 5.41) is 8.47. The second kappa shape index (κ2) is 5.24. The monoisotopic (exact) mass is 206 g/mol. The average molecular weight is 206 g/mol. The molecule has 0 unspecified atom stereocenters. The summed E-state index contributed by atoms with van der Waals surface area (Å²) in [6, 6.07) is 1.92. The Bertz CT molecular complexity index is 386. The zero-order chi connectivity index (χ0) is 11.3. The number of hydrogen-bond acceptors (Lipinski definition) is 3. The van der Waals surface area contributed by atoms with E-state index in [0.717, 1.165) is 30.3 Å². The molecule has 15 heavy (non-hydrogen) atoms. The second-order valence-corrected chi connectivity index (χ2v) is 3.28. The summed E-state index contributed by atoms with van der Waals surface area (Å²) in [7, 11) is 0. The number of carboxylic acids is 1. The highest BCUT2D eigenvalue weighted by Crippen LogP contribution is 2.04. The fourth-order valence-corrected chi connectivity index (χ4v) is 1.26. The van der Waals surface area contributed by atoms with Gasteiger partial charge in [0.15, 0.2) is 5.82 Å². The van der Waals surface area contributed by atoms with Gasteiger partial charge in [0.05, 0.1) is 0 Å². The predicted molar refractivity (Wildman–Crippen MR) is 57.4 cm³/mol. The zero-order valence-electron chi connectivity index (χ0n) is 8.90. The van der Waals surface area contributed by atoms with Gasteiger partial charge in [-0.3, -0.25) is 0 Å². The first-order chi connectivity index (χ1) is 7.11. The molecule has 0 amide bonds. The molecule has 1 aromatic rings. The van der Waals surface area contributed by atoms with Crippen molar-refractivity contribution in [2.24, 2.45) is 0 Å². The number of aryl methyl sites for hydroxylation is 2. The smallest absolute Gasteiger partial charge is 0.328 e. The highest BCUT2D eigenvalue weighted by atomic mass is 16.4.